The molecular weight excluding hydrogens is 571 g/mol. The molecule has 230 valence electrons. The van der Waals surface area contributed by atoms with Crippen molar-refractivity contribution in [1.29, 1.82) is 0 Å². The Morgan fingerprint density at radius 1 is 1.14 bits per heavy atom. The minimum atomic E-state index is -0.922. The maximum atomic E-state index is 16.8. The second kappa shape index (κ2) is 10.2. The van der Waals surface area contributed by atoms with E-state index < -0.39 is 29.4 Å². The Labute approximate surface area is 252 Å². The molecule has 0 spiro atoms. The molecular formula is C33H34F3N5O3. The molecule has 2 aromatic carbocycles. The van der Waals surface area contributed by atoms with Crippen LogP contribution in [0, 0.1) is 17.6 Å². The van der Waals surface area contributed by atoms with Gasteiger partial charge in [-0.15, -0.1) is 0 Å². The van der Waals surface area contributed by atoms with Gasteiger partial charge in [-0.05, 0) is 79.1 Å². The van der Waals surface area contributed by atoms with Gasteiger partial charge in [-0.1, -0.05) is 13.0 Å². The SMILES string of the molecule is CCc1c(F)ccc2cc(O)cc(-c3ncc4c(N5C[C@@H]6C[C@@H](O)[C@H]5C6)nc(OCC56CCCN5C[C@H](F)C6)nc4c3F)c12. The van der Waals surface area contributed by atoms with Gasteiger partial charge in [-0.25, -0.2) is 13.2 Å². The third-order valence-corrected chi connectivity index (χ3v) is 10.4. The zero-order valence-electron chi connectivity index (χ0n) is 24.4. The van der Waals surface area contributed by atoms with Gasteiger partial charge in [-0.3, -0.25) is 9.88 Å². The second-order valence-corrected chi connectivity index (χ2v) is 13.0. The fraction of sp³-hybridized carbons (Fsp3) is 0.485. The number of hydrogen-bond donors (Lipinski definition) is 2. The molecule has 4 aliphatic rings. The molecule has 1 unspecified atom stereocenters. The van der Waals surface area contributed by atoms with Crippen molar-refractivity contribution in [1.82, 2.24) is 19.9 Å². The van der Waals surface area contributed by atoms with Crippen molar-refractivity contribution in [2.75, 3.05) is 31.1 Å². The fourth-order valence-corrected chi connectivity index (χ4v) is 8.41. The number of alkyl halides is 1. The van der Waals surface area contributed by atoms with Crippen molar-refractivity contribution >= 4 is 27.5 Å². The first-order chi connectivity index (χ1) is 21.2. The van der Waals surface area contributed by atoms with Crippen LogP contribution in [0.2, 0.25) is 0 Å². The van der Waals surface area contributed by atoms with Gasteiger partial charge in [0.25, 0.3) is 0 Å². The molecule has 5 atom stereocenters. The summed E-state index contributed by atoms with van der Waals surface area (Å²) in [7, 11) is 0. The lowest BCUT2D eigenvalue weighted by molar-refractivity contribution is 0.107. The van der Waals surface area contributed by atoms with E-state index in [1.54, 1.807) is 6.07 Å². The summed E-state index contributed by atoms with van der Waals surface area (Å²) >= 11 is 0. The Hall–Kier alpha value is -3.70. The summed E-state index contributed by atoms with van der Waals surface area (Å²) in [5, 5.41) is 22.7. The quantitative estimate of drug-likeness (QED) is 0.306. The first kappa shape index (κ1) is 27.8. The molecule has 2 N–H and O–H groups in total. The van der Waals surface area contributed by atoms with Crippen LogP contribution in [-0.4, -0.2) is 80.2 Å². The molecule has 0 radical (unpaired) electrons. The normalized spacial score (nSPS) is 28.1. The van der Waals surface area contributed by atoms with Gasteiger partial charge in [0.1, 0.15) is 41.4 Å². The average molecular weight is 606 g/mol. The highest BCUT2D eigenvalue weighted by Gasteiger charge is 2.50. The number of aliphatic hydroxyl groups excluding tert-OH is 1. The molecule has 1 saturated carbocycles. The van der Waals surface area contributed by atoms with Crippen molar-refractivity contribution in [3.05, 3.63) is 47.7 Å². The lowest BCUT2D eigenvalue weighted by Gasteiger charge is -2.33. The molecule has 4 fully saturated rings. The summed E-state index contributed by atoms with van der Waals surface area (Å²) in [4.78, 5) is 17.9. The van der Waals surface area contributed by atoms with Crippen molar-refractivity contribution in [2.24, 2.45) is 5.92 Å². The molecule has 8 rings (SSSR count). The second-order valence-electron chi connectivity index (χ2n) is 13.0. The van der Waals surface area contributed by atoms with Crippen LogP contribution in [0.3, 0.4) is 0 Å². The summed E-state index contributed by atoms with van der Waals surface area (Å²) < 4.78 is 52.3. The number of anilines is 1. The first-order valence-corrected chi connectivity index (χ1v) is 15.5. The first-order valence-electron chi connectivity index (χ1n) is 15.5. The number of fused-ring (bicyclic) bond motifs is 5. The van der Waals surface area contributed by atoms with Crippen LogP contribution in [0.15, 0.2) is 30.5 Å². The van der Waals surface area contributed by atoms with Gasteiger partial charge in [0, 0.05) is 31.3 Å². The molecule has 44 heavy (non-hydrogen) atoms. The monoisotopic (exact) mass is 605 g/mol. The van der Waals surface area contributed by atoms with Crippen LogP contribution in [0.5, 0.6) is 11.8 Å². The van der Waals surface area contributed by atoms with Crippen molar-refractivity contribution < 1.29 is 28.1 Å². The summed E-state index contributed by atoms with van der Waals surface area (Å²) in [6.07, 6.45) is 4.09. The number of aryl methyl sites for hydroxylation is 1. The number of halogens is 3. The summed E-state index contributed by atoms with van der Waals surface area (Å²) in [6, 6.07) is 5.64. The number of piperidine rings is 1. The van der Waals surface area contributed by atoms with E-state index in [1.807, 2.05) is 11.8 Å². The van der Waals surface area contributed by atoms with Crippen molar-refractivity contribution in [2.45, 2.75) is 69.3 Å². The van der Waals surface area contributed by atoms with E-state index in [0.29, 0.717) is 65.8 Å². The molecule has 8 nitrogen and oxygen atoms in total. The number of hydrogen-bond acceptors (Lipinski definition) is 8. The van der Waals surface area contributed by atoms with Crippen LogP contribution < -0.4 is 9.64 Å². The van der Waals surface area contributed by atoms with Crippen LogP contribution in [0.1, 0.15) is 44.6 Å². The topological polar surface area (TPSA) is 94.8 Å². The number of aliphatic hydroxyl groups is 1. The molecule has 11 heteroatoms. The smallest absolute Gasteiger partial charge is 0.319 e. The van der Waals surface area contributed by atoms with Crippen LogP contribution in [0.4, 0.5) is 19.0 Å². The molecule has 3 saturated heterocycles. The zero-order valence-corrected chi connectivity index (χ0v) is 24.4. The van der Waals surface area contributed by atoms with Crippen LogP contribution in [-0.2, 0) is 6.42 Å². The number of aromatic nitrogens is 3. The average Bonchev–Trinajstić information content (AvgIpc) is 3.75. The van der Waals surface area contributed by atoms with Crippen LogP contribution >= 0.6 is 0 Å². The number of ether oxygens (including phenoxy) is 1. The maximum absolute atomic E-state index is 16.8. The van der Waals surface area contributed by atoms with Gasteiger partial charge in [-0.2, -0.15) is 9.97 Å². The van der Waals surface area contributed by atoms with Gasteiger partial charge < -0.3 is 19.8 Å². The van der Waals surface area contributed by atoms with Gasteiger partial charge in [0.15, 0.2) is 5.82 Å². The molecule has 2 aromatic heterocycles. The molecule has 5 heterocycles. The van der Waals surface area contributed by atoms with Crippen molar-refractivity contribution in [3.8, 4) is 23.0 Å². The molecule has 0 amide bonds. The highest BCUT2D eigenvalue weighted by molar-refractivity contribution is 6.01. The Balaban J connectivity index is 1.28. The van der Waals surface area contributed by atoms with Crippen molar-refractivity contribution in [3.63, 3.8) is 0 Å². The van der Waals surface area contributed by atoms with E-state index in [1.165, 1.54) is 24.4 Å². The Morgan fingerprint density at radius 2 is 2.00 bits per heavy atom. The van der Waals surface area contributed by atoms with Gasteiger partial charge >= 0.3 is 6.01 Å². The van der Waals surface area contributed by atoms with Crippen LogP contribution in [0.25, 0.3) is 32.9 Å². The Morgan fingerprint density at radius 3 is 2.80 bits per heavy atom. The number of aromatic hydroxyl groups is 1. The predicted molar refractivity (Wildman–Crippen MR) is 160 cm³/mol. The number of benzene rings is 2. The number of phenols is 1. The lowest BCUT2D eigenvalue weighted by Crippen LogP contribution is -2.44. The highest BCUT2D eigenvalue weighted by atomic mass is 19.1. The standard InChI is InChI=1S/C33H34F3N5O3/c1-2-21-24(35)5-4-18-10-20(42)11-22(27(18)21)29-28(36)30-23(13-37-29)31(41-14-17-8-25(41)26(43)9-17)39-32(38-30)44-16-33-6-3-7-40(33)15-19(34)12-33/h4-5,10-11,13,17,19,25-26,42-43H,2-3,6-9,12,14-16H2,1H3/t17-,19+,25+,26+,33?/m0/s1. The molecule has 1 aliphatic carbocycles. The lowest BCUT2D eigenvalue weighted by atomic mass is 9.94. The maximum Gasteiger partial charge on any atom is 0.319 e. The van der Waals surface area contributed by atoms with E-state index in [9.17, 15) is 19.0 Å². The van der Waals surface area contributed by atoms with Gasteiger partial charge in [0.2, 0.25) is 0 Å². The van der Waals surface area contributed by atoms with E-state index in [0.717, 1.165) is 25.8 Å². The molecule has 2 bridgehead atoms. The van der Waals surface area contributed by atoms with E-state index in [-0.39, 0.29) is 41.2 Å². The zero-order chi connectivity index (χ0) is 30.3. The Kier molecular flexibility index (Phi) is 6.43. The number of rotatable bonds is 6. The highest BCUT2D eigenvalue weighted by Crippen LogP contribution is 2.45. The number of pyridine rings is 1. The minimum Gasteiger partial charge on any atom is -0.508 e. The third-order valence-electron chi connectivity index (χ3n) is 10.4. The third kappa shape index (κ3) is 4.23. The predicted octanol–water partition coefficient (Wildman–Crippen LogP) is 5.31. The van der Waals surface area contributed by atoms with E-state index in [4.69, 9.17) is 9.72 Å². The number of nitrogens with zero attached hydrogens (tertiary/aromatic N) is 5. The van der Waals surface area contributed by atoms with Gasteiger partial charge in [0.05, 0.1) is 23.1 Å². The fourth-order valence-electron chi connectivity index (χ4n) is 8.41. The number of phenolic OH excluding ortho intramolecular Hbond substituents is 1. The van der Waals surface area contributed by atoms with E-state index in [2.05, 4.69) is 14.9 Å². The summed E-state index contributed by atoms with van der Waals surface area (Å²) in [5.41, 5.74) is 0.123. The summed E-state index contributed by atoms with van der Waals surface area (Å²) in [5.74, 6) is -0.525. The largest absolute Gasteiger partial charge is 0.508 e. The minimum absolute atomic E-state index is 0.0197. The molecule has 3 aliphatic heterocycles. The molecule has 4 aromatic rings. The van der Waals surface area contributed by atoms with E-state index >= 15 is 4.39 Å². The Bertz CT molecular complexity index is 1810. The summed E-state index contributed by atoms with van der Waals surface area (Å²) in [6.45, 7) is 3.85.